The van der Waals surface area contributed by atoms with Crippen LogP contribution in [0.1, 0.15) is 0 Å². The van der Waals surface area contributed by atoms with E-state index in [0.29, 0.717) is 24.7 Å². The van der Waals surface area contributed by atoms with Gasteiger partial charge in [0.15, 0.2) is 11.5 Å². The van der Waals surface area contributed by atoms with Crippen molar-refractivity contribution in [1.29, 1.82) is 0 Å². The molecule has 0 fully saturated rings. The highest BCUT2D eigenvalue weighted by Crippen LogP contribution is 2.26. The molecule has 1 rings (SSSR count). The fourth-order valence-electron chi connectivity index (χ4n) is 1.04. The second-order valence-electron chi connectivity index (χ2n) is 2.93. The van der Waals surface area contributed by atoms with Crippen LogP contribution in [0.3, 0.4) is 0 Å². The summed E-state index contributed by atoms with van der Waals surface area (Å²) in [6.45, 7) is 0.888. The Hall–Kier alpha value is -1.75. The Labute approximate surface area is 94.3 Å². The molecule has 0 aliphatic rings. The van der Waals surface area contributed by atoms with Crippen molar-refractivity contribution in [2.75, 3.05) is 27.4 Å². The zero-order valence-electron chi connectivity index (χ0n) is 9.36. The molecular formula is C11H15NO4. The summed E-state index contributed by atoms with van der Waals surface area (Å²) in [6, 6.07) is 6.96. The van der Waals surface area contributed by atoms with Gasteiger partial charge in [-0.1, -0.05) is 12.1 Å². The lowest BCUT2D eigenvalue weighted by molar-refractivity contribution is 0.143. The van der Waals surface area contributed by atoms with E-state index < -0.39 is 6.09 Å². The number of benzene rings is 1. The van der Waals surface area contributed by atoms with E-state index in [0.717, 1.165) is 0 Å². The van der Waals surface area contributed by atoms with Gasteiger partial charge in [-0.2, -0.15) is 0 Å². The number of hydrogen-bond donors (Lipinski definition) is 1. The molecule has 0 aliphatic heterocycles. The third-order valence-electron chi connectivity index (χ3n) is 1.80. The fourth-order valence-corrected chi connectivity index (χ4v) is 1.04. The van der Waals surface area contributed by atoms with Gasteiger partial charge >= 0.3 is 6.09 Å². The highest BCUT2D eigenvalue weighted by Gasteiger charge is 2.07. The number of carbonyl (C=O) groups is 1. The summed E-state index contributed by atoms with van der Waals surface area (Å²) < 4.78 is 15.3. The quantitative estimate of drug-likeness (QED) is 0.770. The highest BCUT2D eigenvalue weighted by molar-refractivity contribution is 5.70. The van der Waals surface area contributed by atoms with Gasteiger partial charge in [-0.3, -0.25) is 0 Å². The molecule has 0 heterocycles. The Bertz CT molecular complexity index is 341. The van der Waals surface area contributed by atoms with Crippen molar-refractivity contribution in [2.24, 2.45) is 0 Å². The van der Waals surface area contributed by atoms with Gasteiger partial charge in [0.05, 0.1) is 6.61 Å². The molecule has 1 amide bonds. The normalized spacial score (nSPS) is 9.62. The fraction of sp³-hybridized carbons (Fsp3) is 0.364. The lowest BCUT2D eigenvalue weighted by Crippen LogP contribution is -2.22. The Morgan fingerprint density at radius 2 is 1.94 bits per heavy atom. The maximum atomic E-state index is 11.0. The van der Waals surface area contributed by atoms with E-state index in [1.165, 1.54) is 7.05 Å². The first-order chi connectivity index (χ1) is 7.77. The van der Waals surface area contributed by atoms with Crippen LogP contribution in [0.15, 0.2) is 24.3 Å². The van der Waals surface area contributed by atoms with Gasteiger partial charge in [0.2, 0.25) is 0 Å². The molecule has 88 valence electrons. The van der Waals surface area contributed by atoms with Gasteiger partial charge in [-0.15, -0.1) is 0 Å². The molecule has 1 aromatic carbocycles. The van der Waals surface area contributed by atoms with Crippen LogP contribution in [0, 0.1) is 0 Å². The van der Waals surface area contributed by atoms with Crippen LogP contribution in [-0.4, -0.2) is 33.5 Å². The number of hydrogen-bond acceptors (Lipinski definition) is 4. The summed E-state index contributed by atoms with van der Waals surface area (Å²) in [5.74, 6) is 0.904. The molecule has 0 radical (unpaired) electrons. The molecule has 0 spiro atoms. The van der Waals surface area contributed by atoms with Gasteiger partial charge in [0, 0.05) is 14.2 Å². The molecular weight excluding hydrogens is 210 g/mol. The van der Waals surface area contributed by atoms with E-state index in [2.05, 4.69) is 5.32 Å². The van der Waals surface area contributed by atoms with Gasteiger partial charge in [0.25, 0.3) is 0 Å². The highest BCUT2D eigenvalue weighted by atomic mass is 16.6. The summed E-state index contributed by atoms with van der Waals surface area (Å²) in [5.41, 5.74) is 0. The topological polar surface area (TPSA) is 56.8 Å². The molecule has 0 saturated carbocycles. The van der Waals surface area contributed by atoms with Crippen molar-refractivity contribution in [1.82, 2.24) is 5.32 Å². The first-order valence-corrected chi connectivity index (χ1v) is 4.88. The van der Waals surface area contributed by atoms with E-state index in [1.807, 2.05) is 0 Å². The van der Waals surface area contributed by atoms with Crippen LogP contribution in [0.5, 0.6) is 11.5 Å². The van der Waals surface area contributed by atoms with Crippen molar-refractivity contribution >= 4 is 6.09 Å². The first kappa shape index (κ1) is 12.3. The van der Waals surface area contributed by atoms with Crippen molar-refractivity contribution in [3.05, 3.63) is 24.3 Å². The summed E-state index contributed by atoms with van der Waals surface area (Å²) >= 11 is 0. The molecule has 0 saturated heterocycles. The number of nitrogens with one attached hydrogen (secondary N) is 1. The molecule has 0 aromatic heterocycles. The van der Waals surface area contributed by atoms with Crippen LogP contribution < -0.4 is 14.8 Å². The van der Waals surface area contributed by atoms with Crippen molar-refractivity contribution in [2.45, 2.75) is 0 Å². The number of para-hydroxylation sites is 2. The Morgan fingerprint density at radius 3 is 2.56 bits per heavy atom. The minimum atomic E-state index is -0.525. The molecule has 1 aromatic rings. The standard InChI is InChI=1S/C11H15NO4/c1-12-11(13)16-10-6-4-3-5-9(10)15-8-7-14-2/h3-6H,7-8H2,1-2H3,(H,12,13). The van der Waals surface area contributed by atoms with Gasteiger partial charge < -0.3 is 19.5 Å². The summed E-state index contributed by atoms with van der Waals surface area (Å²) in [7, 11) is 3.09. The Balaban J connectivity index is 2.63. The lowest BCUT2D eigenvalue weighted by atomic mass is 10.3. The van der Waals surface area contributed by atoms with E-state index >= 15 is 0 Å². The van der Waals surface area contributed by atoms with Crippen LogP contribution in [0.25, 0.3) is 0 Å². The molecule has 5 nitrogen and oxygen atoms in total. The second-order valence-corrected chi connectivity index (χ2v) is 2.93. The Morgan fingerprint density at radius 1 is 1.25 bits per heavy atom. The molecule has 16 heavy (non-hydrogen) atoms. The summed E-state index contributed by atoms with van der Waals surface area (Å²) in [4.78, 5) is 11.0. The van der Waals surface area contributed by atoms with Crippen LogP contribution in [-0.2, 0) is 4.74 Å². The zero-order chi connectivity index (χ0) is 11.8. The SMILES string of the molecule is CNC(=O)Oc1ccccc1OCCOC. The smallest absolute Gasteiger partial charge is 0.412 e. The number of methoxy groups -OCH3 is 1. The lowest BCUT2D eigenvalue weighted by Gasteiger charge is -2.10. The second kappa shape index (κ2) is 6.68. The largest absolute Gasteiger partial charge is 0.487 e. The number of ether oxygens (including phenoxy) is 3. The first-order valence-electron chi connectivity index (χ1n) is 4.88. The number of carbonyl (C=O) groups excluding carboxylic acids is 1. The third-order valence-corrected chi connectivity index (χ3v) is 1.80. The zero-order valence-corrected chi connectivity index (χ0v) is 9.36. The number of rotatable bonds is 5. The average molecular weight is 225 g/mol. The summed E-state index contributed by atoms with van der Waals surface area (Å²) in [6.07, 6.45) is -0.525. The van der Waals surface area contributed by atoms with Crippen LogP contribution in [0.4, 0.5) is 4.79 Å². The molecule has 0 atom stereocenters. The van der Waals surface area contributed by atoms with Gasteiger partial charge in [0.1, 0.15) is 6.61 Å². The monoisotopic (exact) mass is 225 g/mol. The van der Waals surface area contributed by atoms with E-state index in [4.69, 9.17) is 14.2 Å². The number of amides is 1. The molecule has 1 N–H and O–H groups in total. The van der Waals surface area contributed by atoms with Gasteiger partial charge in [-0.25, -0.2) is 4.79 Å². The maximum Gasteiger partial charge on any atom is 0.412 e. The van der Waals surface area contributed by atoms with Gasteiger partial charge in [-0.05, 0) is 12.1 Å². The summed E-state index contributed by atoms with van der Waals surface area (Å²) in [5, 5.41) is 2.37. The van der Waals surface area contributed by atoms with E-state index in [1.54, 1.807) is 31.4 Å². The maximum absolute atomic E-state index is 11.0. The predicted octanol–water partition coefficient (Wildman–Crippen LogP) is 1.43. The van der Waals surface area contributed by atoms with Crippen molar-refractivity contribution < 1.29 is 19.0 Å². The molecule has 0 unspecified atom stereocenters. The predicted molar refractivity (Wildman–Crippen MR) is 58.9 cm³/mol. The molecule has 5 heteroatoms. The molecule has 0 aliphatic carbocycles. The van der Waals surface area contributed by atoms with E-state index in [-0.39, 0.29) is 0 Å². The van der Waals surface area contributed by atoms with Crippen LogP contribution >= 0.6 is 0 Å². The average Bonchev–Trinajstić information content (AvgIpc) is 2.31. The minimum Gasteiger partial charge on any atom is -0.487 e. The molecule has 0 bridgehead atoms. The van der Waals surface area contributed by atoms with Crippen molar-refractivity contribution in [3.63, 3.8) is 0 Å². The van der Waals surface area contributed by atoms with Crippen molar-refractivity contribution in [3.8, 4) is 11.5 Å². The third kappa shape index (κ3) is 3.78. The van der Waals surface area contributed by atoms with E-state index in [9.17, 15) is 4.79 Å². The minimum absolute atomic E-state index is 0.387. The Kier molecular flexibility index (Phi) is 5.15. The van der Waals surface area contributed by atoms with Crippen LogP contribution in [0.2, 0.25) is 0 Å².